The standard InChI is InChI=1S/C15H17ClN2/c1-10-8-13(12(3)18(10)4)9-17-15-7-5-6-14(16)11(15)2/h5-9H,1-4H3. The predicted octanol–water partition coefficient (Wildman–Crippen LogP) is 4.35. The molecule has 1 aromatic carbocycles. The second kappa shape index (κ2) is 4.99. The van der Waals surface area contributed by atoms with Crippen LogP contribution in [0.3, 0.4) is 0 Å². The Labute approximate surface area is 113 Å². The van der Waals surface area contributed by atoms with Crippen molar-refractivity contribution in [2.75, 3.05) is 0 Å². The van der Waals surface area contributed by atoms with E-state index in [0.717, 1.165) is 21.8 Å². The van der Waals surface area contributed by atoms with E-state index in [2.05, 4.69) is 36.5 Å². The van der Waals surface area contributed by atoms with Gasteiger partial charge in [0.15, 0.2) is 0 Å². The van der Waals surface area contributed by atoms with Gasteiger partial charge in [0.2, 0.25) is 0 Å². The summed E-state index contributed by atoms with van der Waals surface area (Å²) in [4.78, 5) is 4.53. The first-order valence-corrected chi connectivity index (χ1v) is 6.30. The molecule has 2 rings (SSSR count). The first-order chi connectivity index (χ1) is 8.50. The molecule has 0 unspecified atom stereocenters. The van der Waals surface area contributed by atoms with Crippen molar-refractivity contribution in [1.82, 2.24) is 4.57 Å². The summed E-state index contributed by atoms with van der Waals surface area (Å²) in [5.41, 5.74) is 5.53. The normalized spacial score (nSPS) is 11.4. The predicted molar refractivity (Wildman–Crippen MR) is 78.3 cm³/mol. The van der Waals surface area contributed by atoms with Gasteiger partial charge in [0.25, 0.3) is 0 Å². The molecule has 0 aliphatic heterocycles. The van der Waals surface area contributed by atoms with Gasteiger partial charge >= 0.3 is 0 Å². The quantitative estimate of drug-likeness (QED) is 0.714. The van der Waals surface area contributed by atoms with Crippen LogP contribution in [0.25, 0.3) is 0 Å². The van der Waals surface area contributed by atoms with Crippen molar-refractivity contribution in [3.8, 4) is 0 Å². The molecule has 1 heterocycles. The van der Waals surface area contributed by atoms with Crippen LogP contribution in [-0.4, -0.2) is 10.8 Å². The molecule has 0 bridgehead atoms. The lowest BCUT2D eigenvalue weighted by atomic mass is 10.2. The third kappa shape index (κ3) is 2.34. The minimum atomic E-state index is 0.755. The van der Waals surface area contributed by atoms with E-state index in [9.17, 15) is 0 Å². The molecular weight excluding hydrogens is 244 g/mol. The average molecular weight is 261 g/mol. The molecule has 0 spiro atoms. The SMILES string of the molecule is Cc1c(Cl)cccc1N=Cc1cc(C)n(C)c1C. The molecule has 1 aromatic heterocycles. The van der Waals surface area contributed by atoms with Gasteiger partial charge in [-0.25, -0.2) is 0 Å². The maximum atomic E-state index is 6.08. The van der Waals surface area contributed by atoms with E-state index in [1.54, 1.807) is 0 Å². The molecule has 0 aliphatic rings. The number of halogens is 1. The van der Waals surface area contributed by atoms with Gasteiger partial charge in [-0.05, 0) is 44.5 Å². The van der Waals surface area contributed by atoms with Crippen molar-refractivity contribution in [2.24, 2.45) is 12.0 Å². The molecular formula is C15H17ClN2. The van der Waals surface area contributed by atoms with E-state index >= 15 is 0 Å². The van der Waals surface area contributed by atoms with Crippen LogP contribution in [0.4, 0.5) is 5.69 Å². The van der Waals surface area contributed by atoms with Crippen LogP contribution in [-0.2, 0) is 7.05 Å². The summed E-state index contributed by atoms with van der Waals surface area (Å²) in [5.74, 6) is 0. The number of nitrogens with zero attached hydrogens (tertiary/aromatic N) is 2. The van der Waals surface area contributed by atoms with Gasteiger partial charge < -0.3 is 4.57 Å². The minimum absolute atomic E-state index is 0.755. The number of aromatic nitrogens is 1. The molecule has 0 atom stereocenters. The Kier molecular flexibility index (Phi) is 3.58. The largest absolute Gasteiger partial charge is 0.352 e. The van der Waals surface area contributed by atoms with E-state index in [-0.39, 0.29) is 0 Å². The fourth-order valence-corrected chi connectivity index (χ4v) is 2.06. The summed E-state index contributed by atoms with van der Waals surface area (Å²) in [6.45, 7) is 6.17. The monoisotopic (exact) mass is 260 g/mol. The molecule has 18 heavy (non-hydrogen) atoms. The lowest BCUT2D eigenvalue weighted by molar-refractivity contribution is 0.843. The molecule has 0 amide bonds. The molecule has 0 saturated heterocycles. The van der Waals surface area contributed by atoms with E-state index in [4.69, 9.17) is 11.6 Å². The average Bonchev–Trinajstić information content (AvgIpc) is 2.59. The van der Waals surface area contributed by atoms with Gasteiger partial charge in [-0.1, -0.05) is 17.7 Å². The van der Waals surface area contributed by atoms with Crippen molar-refractivity contribution in [1.29, 1.82) is 0 Å². The summed E-state index contributed by atoms with van der Waals surface area (Å²) in [7, 11) is 2.06. The second-order valence-electron chi connectivity index (χ2n) is 4.53. The number of benzene rings is 1. The number of hydrogen-bond donors (Lipinski definition) is 0. The van der Waals surface area contributed by atoms with Gasteiger partial charge in [-0.3, -0.25) is 4.99 Å². The number of aliphatic imine (C=N–C) groups is 1. The van der Waals surface area contributed by atoms with Gasteiger partial charge in [-0.15, -0.1) is 0 Å². The molecule has 0 fully saturated rings. The van der Waals surface area contributed by atoms with Crippen LogP contribution < -0.4 is 0 Å². The van der Waals surface area contributed by atoms with Crippen LogP contribution >= 0.6 is 11.6 Å². The molecule has 0 radical (unpaired) electrons. The highest BCUT2D eigenvalue weighted by molar-refractivity contribution is 6.31. The van der Waals surface area contributed by atoms with Crippen LogP contribution in [0.1, 0.15) is 22.5 Å². The zero-order valence-electron chi connectivity index (χ0n) is 11.2. The second-order valence-corrected chi connectivity index (χ2v) is 4.93. The van der Waals surface area contributed by atoms with Gasteiger partial charge in [0, 0.05) is 35.2 Å². The van der Waals surface area contributed by atoms with Gasteiger partial charge in [0.05, 0.1) is 5.69 Å². The van der Waals surface area contributed by atoms with Crippen LogP contribution in [0.5, 0.6) is 0 Å². The van der Waals surface area contributed by atoms with Crippen molar-refractivity contribution < 1.29 is 0 Å². The zero-order valence-corrected chi connectivity index (χ0v) is 11.9. The number of rotatable bonds is 2. The third-order valence-electron chi connectivity index (χ3n) is 3.40. The Balaban J connectivity index is 2.36. The topological polar surface area (TPSA) is 17.3 Å². The molecule has 94 valence electrons. The Bertz CT molecular complexity index is 609. The van der Waals surface area contributed by atoms with E-state index < -0.39 is 0 Å². The summed E-state index contributed by atoms with van der Waals surface area (Å²) < 4.78 is 2.16. The summed E-state index contributed by atoms with van der Waals surface area (Å²) >= 11 is 6.08. The van der Waals surface area contributed by atoms with Gasteiger partial charge in [-0.2, -0.15) is 0 Å². The first kappa shape index (κ1) is 12.9. The summed E-state index contributed by atoms with van der Waals surface area (Å²) in [6, 6.07) is 7.92. The van der Waals surface area contributed by atoms with E-state index in [1.165, 1.54) is 11.4 Å². The molecule has 2 nitrogen and oxygen atoms in total. The van der Waals surface area contributed by atoms with Crippen LogP contribution in [0.15, 0.2) is 29.3 Å². The maximum absolute atomic E-state index is 6.08. The lowest BCUT2D eigenvalue weighted by Crippen LogP contribution is -1.93. The van der Waals surface area contributed by atoms with Crippen molar-refractivity contribution in [2.45, 2.75) is 20.8 Å². The summed E-state index contributed by atoms with van der Waals surface area (Å²) in [6.07, 6.45) is 1.90. The number of hydrogen-bond acceptors (Lipinski definition) is 1. The van der Waals surface area contributed by atoms with E-state index in [1.807, 2.05) is 31.3 Å². The molecule has 0 N–H and O–H groups in total. The molecule has 0 saturated carbocycles. The van der Waals surface area contributed by atoms with Crippen molar-refractivity contribution in [3.63, 3.8) is 0 Å². The molecule has 0 aliphatic carbocycles. The van der Waals surface area contributed by atoms with Crippen LogP contribution in [0.2, 0.25) is 5.02 Å². The lowest BCUT2D eigenvalue weighted by Gasteiger charge is -2.02. The Morgan fingerprint density at radius 2 is 1.94 bits per heavy atom. The maximum Gasteiger partial charge on any atom is 0.0673 e. The Morgan fingerprint density at radius 3 is 2.56 bits per heavy atom. The summed E-state index contributed by atoms with van der Waals surface area (Å²) in [5, 5.41) is 0.755. The fourth-order valence-electron chi connectivity index (χ4n) is 1.89. The van der Waals surface area contributed by atoms with Crippen molar-refractivity contribution >= 4 is 23.5 Å². The van der Waals surface area contributed by atoms with E-state index in [0.29, 0.717) is 0 Å². The Hall–Kier alpha value is -1.54. The van der Waals surface area contributed by atoms with Crippen molar-refractivity contribution in [3.05, 3.63) is 51.8 Å². The minimum Gasteiger partial charge on any atom is -0.352 e. The molecule has 3 heteroatoms. The Morgan fingerprint density at radius 1 is 1.22 bits per heavy atom. The molecule has 2 aromatic rings. The highest BCUT2D eigenvalue weighted by Gasteiger charge is 2.04. The van der Waals surface area contributed by atoms with Crippen LogP contribution in [0, 0.1) is 20.8 Å². The zero-order chi connectivity index (χ0) is 13.3. The first-order valence-electron chi connectivity index (χ1n) is 5.93. The smallest absolute Gasteiger partial charge is 0.0673 e. The highest BCUT2D eigenvalue weighted by atomic mass is 35.5. The third-order valence-corrected chi connectivity index (χ3v) is 3.81. The highest BCUT2D eigenvalue weighted by Crippen LogP contribution is 2.25. The van der Waals surface area contributed by atoms with Gasteiger partial charge in [0.1, 0.15) is 0 Å². The fraction of sp³-hybridized carbons (Fsp3) is 0.267. The number of aryl methyl sites for hydroxylation is 1.